The van der Waals surface area contributed by atoms with Gasteiger partial charge in [0.25, 0.3) is 0 Å². The van der Waals surface area contributed by atoms with Gasteiger partial charge in [-0.1, -0.05) is 0 Å². The molecule has 0 bridgehead atoms. The number of hydrogen-bond donors (Lipinski definition) is 0. The van der Waals surface area contributed by atoms with Crippen LogP contribution in [-0.2, 0) is 16.1 Å². The molecule has 2 aliphatic heterocycles. The summed E-state index contributed by atoms with van der Waals surface area (Å²) < 4.78 is 1.73. The number of hydrogen-bond acceptors (Lipinski definition) is 6. The van der Waals surface area contributed by atoms with Crippen LogP contribution in [0.4, 0.5) is 5.69 Å². The molecule has 0 spiro atoms. The lowest BCUT2D eigenvalue weighted by Gasteiger charge is -2.34. The van der Waals surface area contributed by atoms with Crippen LogP contribution in [0.3, 0.4) is 0 Å². The number of carbonyl (C=O) groups is 2. The zero-order valence-electron chi connectivity index (χ0n) is 18.8. The van der Waals surface area contributed by atoms with E-state index in [1.807, 2.05) is 46.6 Å². The Morgan fingerprint density at radius 3 is 2.53 bits per heavy atom. The third kappa shape index (κ3) is 4.16. The van der Waals surface area contributed by atoms with Crippen molar-refractivity contribution in [1.29, 1.82) is 0 Å². The van der Waals surface area contributed by atoms with Crippen molar-refractivity contribution in [3.8, 4) is 0 Å². The molecule has 2 amide bonds. The van der Waals surface area contributed by atoms with Crippen LogP contribution in [-0.4, -0.2) is 62.6 Å². The largest absolute Gasteiger partial charge is 0.339 e. The second-order valence-electron chi connectivity index (χ2n) is 9.01. The van der Waals surface area contributed by atoms with Crippen molar-refractivity contribution in [3.05, 3.63) is 66.1 Å². The molecule has 3 aromatic rings. The third-order valence-corrected chi connectivity index (χ3v) is 7.71. The van der Waals surface area contributed by atoms with Gasteiger partial charge >= 0.3 is 0 Å². The van der Waals surface area contributed by atoms with E-state index < -0.39 is 0 Å². The maximum atomic E-state index is 12.9. The normalized spacial score (nSPS) is 20.4. The molecule has 3 aliphatic rings. The Morgan fingerprint density at radius 1 is 1.00 bits per heavy atom. The van der Waals surface area contributed by atoms with Gasteiger partial charge in [0, 0.05) is 68.0 Å². The Morgan fingerprint density at radius 2 is 1.76 bits per heavy atom. The molecule has 1 unspecified atom stereocenters. The van der Waals surface area contributed by atoms with E-state index in [9.17, 15) is 9.59 Å². The van der Waals surface area contributed by atoms with E-state index in [0.29, 0.717) is 26.2 Å². The first-order chi connectivity index (χ1) is 16.7. The summed E-state index contributed by atoms with van der Waals surface area (Å²) in [4.78, 5) is 35.3. The Kier molecular flexibility index (Phi) is 5.49. The van der Waals surface area contributed by atoms with E-state index in [1.165, 1.54) is 5.56 Å². The summed E-state index contributed by atoms with van der Waals surface area (Å²) in [6, 6.07) is 10.3. The number of thioether (sulfide) groups is 1. The van der Waals surface area contributed by atoms with E-state index in [0.717, 1.165) is 29.4 Å². The number of piperazine rings is 1. The van der Waals surface area contributed by atoms with Crippen molar-refractivity contribution < 1.29 is 9.59 Å². The van der Waals surface area contributed by atoms with Crippen LogP contribution in [0.25, 0.3) is 10.9 Å². The Hall–Kier alpha value is -3.33. The predicted octanol–water partition coefficient (Wildman–Crippen LogP) is 3.24. The standard InChI is InChI=1S/C25H26N6O2S/c32-23(28-9-11-29(12-10-28)24(33)18-1-2-18)17-30-16-20-15-21(3-4-22(20)27-30)31-13-14-34-25(31)19-5-7-26-8-6-19/h3-8,13-16,18,25H,1-2,9-12,17H2. The molecule has 2 fully saturated rings. The van der Waals surface area contributed by atoms with Crippen LogP contribution in [0, 0.1) is 5.92 Å². The highest BCUT2D eigenvalue weighted by Gasteiger charge is 2.35. The fourth-order valence-corrected chi connectivity index (χ4v) is 5.60. The van der Waals surface area contributed by atoms with Crippen molar-refractivity contribution in [2.24, 2.45) is 5.92 Å². The summed E-state index contributed by atoms with van der Waals surface area (Å²) in [6.07, 6.45) is 9.72. The van der Waals surface area contributed by atoms with Gasteiger partial charge in [0.05, 0.1) is 5.52 Å². The summed E-state index contributed by atoms with van der Waals surface area (Å²) in [5.74, 6) is 0.542. The molecular weight excluding hydrogens is 448 g/mol. The molecule has 174 valence electrons. The molecule has 2 aromatic heterocycles. The van der Waals surface area contributed by atoms with E-state index >= 15 is 0 Å². The van der Waals surface area contributed by atoms with Crippen molar-refractivity contribution in [2.45, 2.75) is 24.8 Å². The lowest BCUT2D eigenvalue weighted by molar-refractivity contribution is -0.140. The first-order valence-corrected chi connectivity index (χ1v) is 12.6. The van der Waals surface area contributed by atoms with Crippen LogP contribution >= 0.6 is 11.8 Å². The Balaban J connectivity index is 1.13. The van der Waals surface area contributed by atoms with Gasteiger partial charge in [-0.2, -0.15) is 5.10 Å². The summed E-state index contributed by atoms with van der Waals surface area (Å²) in [6.45, 7) is 2.66. The molecule has 34 heavy (non-hydrogen) atoms. The number of benzene rings is 1. The number of aromatic nitrogens is 3. The van der Waals surface area contributed by atoms with Crippen LogP contribution in [0.2, 0.25) is 0 Å². The molecule has 1 aliphatic carbocycles. The number of anilines is 1. The maximum absolute atomic E-state index is 12.9. The van der Waals surface area contributed by atoms with Crippen molar-refractivity contribution in [2.75, 3.05) is 31.1 Å². The molecule has 1 atom stereocenters. The second kappa shape index (κ2) is 8.79. The van der Waals surface area contributed by atoms with E-state index in [4.69, 9.17) is 0 Å². The Labute approximate surface area is 202 Å². The highest BCUT2D eigenvalue weighted by molar-refractivity contribution is 8.02. The highest BCUT2D eigenvalue weighted by atomic mass is 32.2. The van der Waals surface area contributed by atoms with Crippen molar-refractivity contribution in [1.82, 2.24) is 24.6 Å². The quantitative estimate of drug-likeness (QED) is 0.565. The molecule has 6 rings (SSSR count). The van der Waals surface area contributed by atoms with Crippen molar-refractivity contribution in [3.63, 3.8) is 0 Å². The molecule has 8 nitrogen and oxygen atoms in total. The zero-order valence-corrected chi connectivity index (χ0v) is 19.6. The minimum absolute atomic E-state index is 0.0446. The third-order valence-electron chi connectivity index (χ3n) is 6.67. The van der Waals surface area contributed by atoms with Gasteiger partial charge in [-0.25, -0.2) is 0 Å². The van der Waals surface area contributed by atoms with Crippen molar-refractivity contribution >= 4 is 40.2 Å². The molecule has 0 N–H and O–H groups in total. The highest BCUT2D eigenvalue weighted by Crippen LogP contribution is 2.42. The molecule has 1 saturated carbocycles. The van der Waals surface area contributed by atoms with Gasteiger partial charge in [-0.15, -0.1) is 11.8 Å². The summed E-state index contributed by atoms with van der Waals surface area (Å²) in [7, 11) is 0. The second-order valence-corrected chi connectivity index (χ2v) is 10.0. The topological polar surface area (TPSA) is 74.6 Å². The average Bonchev–Trinajstić information content (AvgIpc) is 3.46. The van der Waals surface area contributed by atoms with E-state index in [1.54, 1.807) is 16.4 Å². The lowest BCUT2D eigenvalue weighted by Crippen LogP contribution is -2.51. The summed E-state index contributed by atoms with van der Waals surface area (Å²) >= 11 is 1.76. The SMILES string of the molecule is O=C(Cn1cc2cc(N3C=CSC3c3ccncc3)ccc2n1)N1CCN(C(=O)C2CC2)CC1. The number of pyridine rings is 1. The van der Waals surface area contributed by atoms with Gasteiger partial charge < -0.3 is 14.7 Å². The Bertz CT molecular complexity index is 1250. The average molecular weight is 475 g/mol. The monoisotopic (exact) mass is 474 g/mol. The van der Waals surface area contributed by atoms with Gasteiger partial charge in [-0.05, 0) is 54.1 Å². The first kappa shape index (κ1) is 21.2. The molecule has 1 aromatic carbocycles. The van der Waals surface area contributed by atoms with Crippen LogP contribution in [0.1, 0.15) is 23.8 Å². The summed E-state index contributed by atoms with van der Waals surface area (Å²) in [5.41, 5.74) is 3.15. The van der Waals surface area contributed by atoms with E-state index in [-0.39, 0.29) is 29.7 Å². The maximum Gasteiger partial charge on any atom is 0.244 e. The smallest absolute Gasteiger partial charge is 0.244 e. The molecule has 0 radical (unpaired) electrons. The van der Waals surface area contributed by atoms with Gasteiger partial charge in [-0.3, -0.25) is 19.3 Å². The summed E-state index contributed by atoms with van der Waals surface area (Å²) in [5, 5.41) is 7.90. The molecule has 4 heterocycles. The predicted molar refractivity (Wildman–Crippen MR) is 132 cm³/mol. The number of carbonyl (C=O) groups excluding carboxylic acids is 2. The van der Waals surface area contributed by atoms with Crippen LogP contribution in [0.15, 0.2) is 60.5 Å². The minimum atomic E-state index is 0.0446. The van der Waals surface area contributed by atoms with E-state index in [2.05, 4.69) is 38.7 Å². The number of rotatable bonds is 5. The molecular formula is C25H26N6O2S. The molecule has 1 saturated heterocycles. The zero-order chi connectivity index (χ0) is 23.1. The van der Waals surface area contributed by atoms with Gasteiger partial charge in [0.15, 0.2) is 0 Å². The first-order valence-electron chi connectivity index (χ1n) is 11.7. The van der Waals surface area contributed by atoms with Gasteiger partial charge in [0.1, 0.15) is 11.9 Å². The fraction of sp³-hybridized carbons (Fsp3) is 0.360. The molecule has 9 heteroatoms. The van der Waals surface area contributed by atoms with Gasteiger partial charge in [0.2, 0.25) is 11.8 Å². The van der Waals surface area contributed by atoms with Crippen LogP contribution in [0.5, 0.6) is 0 Å². The number of amides is 2. The minimum Gasteiger partial charge on any atom is -0.339 e. The number of nitrogens with zero attached hydrogens (tertiary/aromatic N) is 6. The number of fused-ring (bicyclic) bond motifs is 1. The van der Waals surface area contributed by atoms with Crippen LogP contribution < -0.4 is 4.90 Å². The lowest BCUT2D eigenvalue weighted by atomic mass is 10.2. The fourth-order valence-electron chi connectivity index (χ4n) is 4.62.